The lowest BCUT2D eigenvalue weighted by atomic mass is 9.97. The summed E-state index contributed by atoms with van der Waals surface area (Å²) in [5, 5.41) is 4.36. The molecule has 150 valence electrons. The van der Waals surface area contributed by atoms with Crippen molar-refractivity contribution >= 4 is 39.9 Å². The van der Waals surface area contributed by atoms with Gasteiger partial charge in [0.25, 0.3) is 0 Å². The third-order valence-electron chi connectivity index (χ3n) is 5.60. The molecule has 0 unspecified atom stereocenters. The second-order valence-electron chi connectivity index (χ2n) is 7.38. The van der Waals surface area contributed by atoms with E-state index in [1.54, 1.807) is 0 Å². The van der Waals surface area contributed by atoms with E-state index in [1.165, 1.54) is 20.5 Å². The monoisotopic (exact) mass is 511 g/mol. The van der Waals surface area contributed by atoms with Crippen LogP contribution in [0.5, 0.6) is 0 Å². The molecule has 2 aromatic rings. The van der Waals surface area contributed by atoms with Gasteiger partial charge in [0.15, 0.2) is 5.11 Å². The highest BCUT2D eigenvalue weighted by atomic mass is 127. The maximum absolute atomic E-state index is 5.79. The maximum Gasteiger partial charge on any atom is 0.170 e. The predicted octanol–water partition coefficient (Wildman–Crippen LogP) is 2.94. The summed E-state index contributed by atoms with van der Waals surface area (Å²) in [6, 6.07) is 6.25. The van der Waals surface area contributed by atoms with Crippen LogP contribution in [0.25, 0.3) is 0 Å². The molecular weight excluding hydrogens is 485 g/mol. The molecule has 2 atom stereocenters. The van der Waals surface area contributed by atoms with Crippen LogP contribution in [0, 0.1) is 17.4 Å². The fourth-order valence-corrected chi connectivity index (χ4v) is 5.35. The minimum absolute atomic E-state index is 0.0424. The van der Waals surface area contributed by atoms with Gasteiger partial charge >= 0.3 is 0 Å². The van der Waals surface area contributed by atoms with Gasteiger partial charge in [0.1, 0.15) is 0 Å². The standard InChI is InChI=1S/C20H26IN5OS/c1-13-16(17(21)14(2)23-13)19-18(15-5-3-4-6-22-15)24-20(28)26(19)8-7-25-9-11-27-12-10-25/h3-6,18-19,23H,7-12H2,1-2H3,(H,24,28)/t18-,19-/m1/s1. The number of hydrogen-bond acceptors (Lipinski definition) is 4. The first kappa shape index (κ1) is 20.1. The van der Waals surface area contributed by atoms with Crippen LogP contribution in [0.4, 0.5) is 0 Å². The number of rotatable bonds is 5. The fourth-order valence-electron chi connectivity index (χ4n) is 4.16. The number of nitrogens with one attached hydrogen (secondary N) is 2. The minimum atomic E-state index is 0.0424. The van der Waals surface area contributed by atoms with Gasteiger partial charge in [-0.25, -0.2) is 0 Å². The molecule has 2 aliphatic rings. The maximum atomic E-state index is 5.79. The van der Waals surface area contributed by atoms with Gasteiger partial charge in [-0.15, -0.1) is 0 Å². The normalized spacial score (nSPS) is 23.2. The molecule has 0 amide bonds. The topological polar surface area (TPSA) is 56.4 Å². The van der Waals surface area contributed by atoms with Crippen LogP contribution in [0.15, 0.2) is 24.4 Å². The Bertz CT molecular complexity index is 837. The lowest BCUT2D eigenvalue weighted by molar-refractivity contribution is 0.0350. The zero-order valence-corrected chi connectivity index (χ0v) is 19.2. The Labute approximate surface area is 185 Å². The molecule has 2 fully saturated rings. The average molecular weight is 511 g/mol. The van der Waals surface area contributed by atoms with Crippen LogP contribution in [-0.4, -0.2) is 64.3 Å². The summed E-state index contributed by atoms with van der Waals surface area (Å²) in [4.78, 5) is 13.0. The Hall–Kier alpha value is -1.23. The van der Waals surface area contributed by atoms with Crippen LogP contribution in [-0.2, 0) is 4.74 Å². The SMILES string of the molecule is Cc1[nH]c(C)c([C@@H]2[C@@H](c3ccccn3)NC(=S)N2CCN2CCOCC2)c1I. The summed E-state index contributed by atoms with van der Waals surface area (Å²) in [6.07, 6.45) is 1.85. The Morgan fingerprint density at radius 2 is 2.00 bits per heavy atom. The number of aromatic amines is 1. The zero-order valence-electron chi connectivity index (χ0n) is 16.2. The van der Waals surface area contributed by atoms with Crippen LogP contribution in [0.2, 0.25) is 0 Å². The van der Waals surface area contributed by atoms with Crippen LogP contribution in [0.3, 0.4) is 0 Å². The number of aromatic nitrogens is 2. The molecule has 0 aliphatic carbocycles. The molecule has 6 nitrogen and oxygen atoms in total. The highest BCUT2D eigenvalue weighted by molar-refractivity contribution is 14.1. The van der Waals surface area contributed by atoms with Crippen LogP contribution >= 0.6 is 34.8 Å². The fraction of sp³-hybridized carbons (Fsp3) is 0.500. The lowest BCUT2D eigenvalue weighted by Crippen LogP contribution is -2.42. The second kappa shape index (κ2) is 8.64. The largest absolute Gasteiger partial charge is 0.379 e. The van der Waals surface area contributed by atoms with E-state index in [-0.39, 0.29) is 12.1 Å². The predicted molar refractivity (Wildman–Crippen MR) is 122 cm³/mol. The number of halogens is 1. The molecule has 28 heavy (non-hydrogen) atoms. The summed E-state index contributed by atoms with van der Waals surface area (Å²) in [5.74, 6) is 0. The molecule has 4 rings (SSSR count). The lowest BCUT2D eigenvalue weighted by Gasteiger charge is -2.32. The first-order valence-electron chi connectivity index (χ1n) is 9.69. The van der Waals surface area contributed by atoms with Crippen molar-refractivity contribution in [2.45, 2.75) is 25.9 Å². The molecule has 0 saturated carbocycles. The van der Waals surface area contributed by atoms with Crippen molar-refractivity contribution in [2.75, 3.05) is 39.4 Å². The molecule has 0 spiro atoms. The molecule has 2 aliphatic heterocycles. The second-order valence-corrected chi connectivity index (χ2v) is 8.84. The summed E-state index contributed by atoms with van der Waals surface area (Å²) in [5.41, 5.74) is 4.76. The van der Waals surface area contributed by atoms with Gasteiger partial charge in [0.05, 0.1) is 31.0 Å². The summed E-state index contributed by atoms with van der Waals surface area (Å²) >= 11 is 8.24. The minimum Gasteiger partial charge on any atom is -0.379 e. The molecule has 2 aromatic heterocycles. The zero-order chi connectivity index (χ0) is 19.7. The van der Waals surface area contributed by atoms with Crippen molar-refractivity contribution < 1.29 is 4.74 Å². The molecule has 0 aromatic carbocycles. The highest BCUT2D eigenvalue weighted by Gasteiger charge is 2.42. The number of morpholine rings is 1. The summed E-state index contributed by atoms with van der Waals surface area (Å²) < 4.78 is 6.77. The number of aryl methyl sites for hydroxylation is 2. The van der Waals surface area contributed by atoms with Gasteiger partial charge in [0, 0.05) is 52.9 Å². The Balaban J connectivity index is 1.66. The van der Waals surface area contributed by atoms with E-state index in [0.717, 1.165) is 50.2 Å². The van der Waals surface area contributed by atoms with Gasteiger partial charge in [-0.1, -0.05) is 6.07 Å². The Morgan fingerprint density at radius 3 is 2.64 bits per heavy atom. The van der Waals surface area contributed by atoms with E-state index in [4.69, 9.17) is 17.0 Å². The highest BCUT2D eigenvalue weighted by Crippen LogP contribution is 2.42. The van der Waals surface area contributed by atoms with Crippen molar-refractivity contribution in [1.29, 1.82) is 0 Å². The van der Waals surface area contributed by atoms with Gasteiger partial charge in [-0.05, 0) is 60.8 Å². The number of H-pyrrole nitrogens is 1. The van der Waals surface area contributed by atoms with E-state index < -0.39 is 0 Å². The molecule has 2 N–H and O–H groups in total. The van der Waals surface area contributed by atoms with Crippen molar-refractivity contribution in [1.82, 2.24) is 25.1 Å². The smallest absolute Gasteiger partial charge is 0.170 e. The molecule has 0 radical (unpaired) electrons. The number of ether oxygens (including phenoxy) is 1. The molecule has 4 heterocycles. The van der Waals surface area contributed by atoms with E-state index in [0.29, 0.717) is 0 Å². The van der Waals surface area contributed by atoms with Crippen molar-refractivity contribution in [2.24, 2.45) is 0 Å². The first-order chi connectivity index (χ1) is 13.6. The quantitative estimate of drug-likeness (QED) is 0.476. The third kappa shape index (κ3) is 3.92. The first-order valence-corrected chi connectivity index (χ1v) is 11.2. The van der Waals surface area contributed by atoms with Crippen molar-refractivity contribution in [3.63, 3.8) is 0 Å². The Kier molecular flexibility index (Phi) is 6.19. The van der Waals surface area contributed by atoms with Gasteiger partial charge in [-0.2, -0.15) is 0 Å². The van der Waals surface area contributed by atoms with E-state index in [9.17, 15) is 0 Å². The van der Waals surface area contributed by atoms with E-state index in [2.05, 4.69) is 67.6 Å². The average Bonchev–Trinajstić information content (AvgIpc) is 3.16. The third-order valence-corrected chi connectivity index (χ3v) is 7.34. The van der Waals surface area contributed by atoms with Crippen LogP contribution in [0.1, 0.15) is 34.7 Å². The molecular formula is C20H26IN5OS. The summed E-state index contributed by atoms with van der Waals surface area (Å²) in [6.45, 7) is 9.77. The van der Waals surface area contributed by atoms with E-state index in [1.807, 2.05) is 18.3 Å². The van der Waals surface area contributed by atoms with E-state index >= 15 is 0 Å². The number of thiocarbonyl (C=S) groups is 1. The summed E-state index contributed by atoms with van der Waals surface area (Å²) in [7, 11) is 0. The number of pyridine rings is 1. The Morgan fingerprint density at radius 1 is 1.21 bits per heavy atom. The van der Waals surface area contributed by atoms with Gasteiger partial charge < -0.3 is 19.9 Å². The van der Waals surface area contributed by atoms with Gasteiger partial charge in [-0.3, -0.25) is 9.88 Å². The number of nitrogens with zero attached hydrogens (tertiary/aromatic N) is 3. The molecule has 2 saturated heterocycles. The van der Waals surface area contributed by atoms with Gasteiger partial charge in [0.2, 0.25) is 0 Å². The van der Waals surface area contributed by atoms with Crippen molar-refractivity contribution in [3.05, 3.63) is 50.6 Å². The molecule has 8 heteroatoms. The number of hydrogen-bond donors (Lipinski definition) is 2. The molecule has 0 bridgehead atoms. The van der Waals surface area contributed by atoms with Crippen LogP contribution < -0.4 is 5.32 Å². The van der Waals surface area contributed by atoms with Crippen molar-refractivity contribution in [3.8, 4) is 0 Å².